The number of hydrogen-bond donors (Lipinski definition) is 1. The molecule has 0 N–H and O–H groups in total. The van der Waals surface area contributed by atoms with Crippen LogP contribution >= 0.6 is 10.3 Å². The van der Waals surface area contributed by atoms with Crippen molar-refractivity contribution in [2.75, 3.05) is 16.4 Å². The minimum absolute atomic E-state index is 0.122. The molecule has 0 spiro atoms. The molecule has 2 heteroatoms. The normalized spacial score (nSPS) is 14.8. The van der Waals surface area contributed by atoms with Gasteiger partial charge in [-0.1, -0.05) is 104 Å². The Morgan fingerprint density at radius 2 is 1.59 bits per heavy atom. The second-order valence-corrected chi connectivity index (χ2v) is 10.5. The summed E-state index contributed by atoms with van der Waals surface area (Å²) in [6, 6.07) is 32.5. The van der Waals surface area contributed by atoms with Gasteiger partial charge in [0.2, 0.25) is 0 Å². The molecule has 0 bridgehead atoms. The largest absolute Gasteiger partial charge is 0.313 e. The Balaban J connectivity index is 1.63. The zero-order valence-electron chi connectivity index (χ0n) is 19.5. The number of fused-ring (bicyclic) bond motifs is 1. The first-order chi connectivity index (χ1) is 16.7. The van der Waals surface area contributed by atoms with Gasteiger partial charge in [0.05, 0.1) is 5.69 Å². The van der Waals surface area contributed by atoms with Gasteiger partial charge in [-0.2, -0.15) is 10.3 Å². The van der Waals surface area contributed by atoms with Crippen LogP contribution in [-0.2, 0) is 0 Å². The van der Waals surface area contributed by atoms with Crippen molar-refractivity contribution in [3.05, 3.63) is 127 Å². The molecule has 1 aliphatic rings. The summed E-state index contributed by atoms with van der Waals surface area (Å²) in [5.74, 6) is 2.12. The topological polar surface area (TPSA) is 3.24 Å². The van der Waals surface area contributed by atoms with E-state index in [2.05, 4.69) is 132 Å². The molecule has 0 saturated heterocycles. The SMILES string of the molecule is C=C(C[SH]1#CC1)N(c1ccc(-c2ccccc2)cc1)c1cccc2cccc(C=C/C=C\C)c12. The highest BCUT2D eigenvalue weighted by Gasteiger charge is 2.18. The Bertz CT molecular complexity index is 1470. The van der Waals surface area contributed by atoms with Gasteiger partial charge in [0.25, 0.3) is 0 Å². The van der Waals surface area contributed by atoms with Crippen molar-refractivity contribution in [2.24, 2.45) is 0 Å². The van der Waals surface area contributed by atoms with Crippen LogP contribution in [-0.4, -0.2) is 11.5 Å². The number of benzene rings is 4. The molecule has 1 atom stereocenters. The van der Waals surface area contributed by atoms with Gasteiger partial charge in [-0.3, -0.25) is 0 Å². The number of anilines is 2. The molecule has 1 nitrogen and oxygen atoms in total. The standard InChI is InChI=1S/C32H29NS/c1-3-4-6-13-28-14-9-15-29-16-10-17-31(32(28)29)33(25(2)24-34-22-23-34)30-20-18-27(19-21-30)26-11-7-5-8-12-26/h3-21,34H,2,22,24H2,1H3/b4-3-,13-6?. The van der Waals surface area contributed by atoms with Gasteiger partial charge < -0.3 is 4.90 Å². The van der Waals surface area contributed by atoms with Crippen LogP contribution < -0.4 is 4.90 Å². The number of rotatable bonds is 7. The van der Waals surface area contributed by atoms with Crippen LogP contribution in [0.2, 0.25) is 0 Å². The summed E-state index contributed by atoms with van der Waals surface area (Å²) in [6.07, 6.45) is 8.42. The molecule has 4 aromatic rings. The van der Waals surface area contributed by atoms with E-state index in [4.69, 9.17) is 0 Å². The first kappa shape index (κ1) is 22.1. The molecule has 1 heterocycles. The molecule has 0 amide bonds. The summed E-state index contributed by atoms with van der Waals surface area (Å²) in [5, 5.41) is 5.97. The van der Waals surface area contributed by atoms with Crippen LogP contribution in [0.15, 0.2) is 121 Å². The van der Waals surface area contributed by atoms with Gasteiger partial charge in [0.1, 0.15) is 0 Å². The molecule has 1 aliphatic heterocycles. The van der Waals surface area contributed by atoms with Gasteiger partial charge in [-0.25, -0.2) is 0 Å². The molecule has 0 fully saturated rings. The number of allylic oxidation sites excluding steroid dienone is 3. The third-order valence-corrected chi connectivity index (χ3v) is 7.55. The van der Waals surface area contributed by atoms with Crippen LogP contribution in [0, 0.1) is 5.18 Å². The fourth-order valence-corrected chi connectivity index (χ4v) is 5.53. The molecule has 0 aromatic heterocycles. The fraction of sp³-hybridized carbons (Fsp3) is 0.0938. The van der Waals surface area contributed by atoms with Crippen molar-refractivity contribution >= 4 is 38.5 Å². The second-order valence-electron chi connectivity index (χ2n) is 8.44. The summed E-state index contributed by atoms with van der Waals surface area (Å²) in [4.78, 5) is 2.35. The zero-order chi connectivity index (χ0) is 23.3. The van der Waals surface area contributed by atoms with Crippen molar-refractivity contribution < 1.29 is 0 Å². The van der Waals surface area contributed by atoms with E-state index in [1.807, 2.05) is 6.92 Å². The lowest BCUT2D eigenvalue weighted by atomic mass is 10.00. The molecular formula is C32H29NS. The van der Waals surface area contributed by atoms with E-state index >= 15 is 0 Å². The first-order valence-electron chi connectivity index (χ1n) is 11.7. The summed E-state index contributed by atoms with van der Waals surface area (Å²) in [6.45, 7) is 6.59. The van der Waals surface area contributed by atoms with Crippen LogP contribution in [0.4, 0.5) is 11.4 Å². The predicted molar refractivity (Wildman–Crippen MR) is 154 cm³/mol. The van der Waals surface area contributed by atoms with Gasteiger partial charge in [0, 0.05) is 28.3 Å². The van der Waals surface area contributed by atoms with Crippen molar-refractivity contribution in [1.82, 2.24) is 0 Å². The maximum Gasteiger partial charge on any atom is 0.0542 e. The molecule has 0 radical (unpaired) electrons. The molecular weight excluding hydrogens is 430 g/mol. The van der Waals surface area contributed by atoms with Crippen molar-refractivity contribution in [1.29, 1.82) is 0 Å². The quantitative estimate of drug-likeness (QED) is 0.214. The first-order valence-corrected chi connectivity index (χ1v) is 13.4. The zero-order valence-corrected chi connectivity index (χ0v) is 20.4. The lowest BCUT2D eigenvalue weighted by molar-refractivity contribution is 1.18. The number of hydrogen-bond acceptors (Lipinski definition) is 1. The third kappa shape index (κ3) is 4.79. The van der Waals surface area contributed by atoms with Crippen LogP contribution in [0.25, 0.3) is 28.0 Å². The number of nitrogens with zero attached hydrogens (tertiary/aromatic N) is 1. The average molecular weight is 460 g/mol. The highest BCUT2D eigenvalue weighted by molar-refractivity contribution is 8.12. The second kappa shape index (κ2) is 10.1. The van der Waals surface area contributed by atoms with Crippen LogP contribution in [0.3, 0.4) is 0 Å². The van der Waals surface area contributed by atoms with Gasteiger partial charge in [-0.05, 0) is 47.2 Å². The lowest BCUT2D eigenvalue weighted by Gasteiger charge is -2.29. The molecule has 1 unspecified atom stereocenters. The summed E-state index contributed by atoms with van der Waals surface area (Å²) >= 11 is 0. The highest BCUT2D eigenvalue weighted by Crippen LogP contribution is 2.39. The van der Waals surface area contributed by atoms with Gasteiger partial charge in [0.15, 0.2) is 0 Å². The van der Waals surface area contributed by atoms with Crippen LogP contribution in [0.1, 0.15) is 12.5 Å². The molecule has 168 valence electrons. The minimum Gasteiger partial charge on any atom is -0.313 e. The smallest absolute Gasteiger partial charge is 0.0542 e. The van der Waals surface area contributed by atoms with E-state index in [0.29, 0.717) is 0 Å². The van der Waals surface area contributed by atoms with E-state index in [1.54, 1.807) is 0 Å². The Kier molecular flexibility index (Phi) is 6.53. The van der Waals surface area contributed by atoms with E-state index in [1.165, 1.54) is 33.2 Å². The Morgan fingerprint density at radius 3 is 2.29 bits per heavy atom. The van der Waals surface area contributed by atoms with Crippen molar-refractivity contribution in [3.8, 4) is 16.3 Å². The van der Waals surface area contributed by atoms with Gasteiger partial charge >= 0.3 is 0 Å². The van der Waals surface area contributed by atoms with Crippen molar-refractivity contribution in [3.63, 3.8) is 0 Å². The maximum absolute atomic E-state index is 4.55. The lowest BCUT2D eigenvalue weighted by Crippen LogP contribution is -2.17. The Morgan fingerprint density at radius 1 is 0.882 bits per heavy atom. The van der Waals surface area contributed by atoms with E-state index in [0.717, 1.165) is 22.9 Å². The van der Waals surface area contributed by atoms with E-state index < -0.39 is 0 Å². The van der Waals surface area contributed by atoms with Crippen molar-refractivity contribution in [2.45, 2.75) is 6.92 Å². The number of thiol groups is 1. The Labute approximate surface area is 204 Å². The highest BCUT2D eigenvalue weighted by atomic mass is 32.2. The molecule has 5 rings (SSSR count). The van der Waals surface area contributed by atoms with E-state index in [-0.39, 0.29) is 10.3 Å². The third-order valence-electron chi connectivity index (χ3n) is 6.04. The molecule has 4 aromatic carbocycles. The van der Waals surface area contributed by atoms with E-state index in [9.17, 15) is 0 Å². The summed E-state index contributed by atoms with van der Waals surface area (Å²) < 4.78 is 0. The summed E-state index contributed by atoms with van der Waals surface area (Å²) in [7, 11) is -0.122. The van der Waals surface area contributed by atoms with Gasteiger partial charge in [-0.15, -0.1) is 5.18 Å². The molecule has 0 aliphatic carbocycles. The minimum atomic E-state index is -0.122. The maximum atomic E-state index is 4.55. The monoisotopic (exact) mass is 459 g/mol. The molecule has 34 heavy (non-hydrogen) atoms. The average Bonchev–Trinajstić information content (AvgIpc) is 3.69. The Hall–Kier alpha value is -3.71. The van der Waals surface area contributed by atoms with Crippen LogP contribution in [0.5, 0.6) is 0 Å². The molecule has 0 saturated carbocycles. The summed E-state index contributed by atoms with van der Waals surface area (Å²) in [5.41, 5.74) is 7.10. The fourth-order valence-electron chi connectivity index (χ4n) is 4.32. The predicted octanol–water partition coefficient (Wildman–Crippen LogP) is 8.72.